The van der Waals surface area contributed by atoms with Gasteiger partial charge in [-0.1, -0.05) is 0 Å². The van der Waals surface area contributed by atoms with Gasteiger partial charge in [0.25, 0.3) is 5.91 Å². The number of anilines is 1. The van der Waals surface area contributed by atoms with E-state index < -0.39 is 0 Å². The lowest BCUT2D eigenvalue weighted by atomic mass is 10.1. The Kier molecular flexibility index (Phi) is 3.85. The number of amides is 1. The first-order chi connectivity index (χ1) is 8.97. The number of Topliss-reactive ketones (excluding diaryl/α,β-unsaturated/α-hetero) is 1. The molecule has 1 heterocycles. The highest BCUT2D eigenvalue weighted by atomic mass is 79.9. The molecule has 0 fully saturated rings. The van der Waals surface area contributed by atoms with Crippen LogP contribution < -0.4 is 5.32 Å². The van der Waals surface area contributed by atoms with Crippen molar-refractivity contribution in [1.29, 1.82) is 0 Å². The molecule has 1 N–H and O–H groups in total. The van der Waals surface area contributed by atoms with Crippen LogP contribution >= 0.6 is 15.9 Å². The minimum absolute atomic E-state index is 0.00393. The van der Waals surface area contributed by atoms with Crippen LogP contribution in [0.4, 0.5) is 5.69 Å². The number of hydrogen-bond donors (Lipinski definition) is 1. The van der Waals surface area contributed by atoms with E-state index in [-0.39, 0.29) is 11.7 Å². The van der Waals surface area contributed by atoms with Crippen LogP contribution in [0, 0.1) is 0 Å². The molecule has 0 bridgehead atoms. The second kappa shape index (κ2) is 5.40. The number of nitrogens with one attached hydrogen (secondary N) is 1. The molecule has 2 rings (SSSR count). The lowest BCUT2D eigenvalue weighted by Crippen LogP contribution is -2.15. The molecule has 4 nitrogen and oxygen atoms in total. The molecule has 0 saturated carbocycles. The Morgan fingerprint density at radius 3 is 2.32 bits per heavy atom. The van der Waals surface area contributed by atoms with Gasteiger partial charge < -0.3 is 9.88 Å². The van der Waals surface area contributed by atoms with Crippen molar-refractivity contribution < 1.29 is 9.59 Å². The first-order valence-electron chi connectivity index (χ1n) is 5.71. The minimum Gasteiger partial charge on any atom is -0.345 e. The van der Waals surface area contributed by atoms with E-state index in [0.717, 1.165) is 4.47 Å². The van der Waals surface area contributed by atoms with Crippen LogP contribution in [0.5, 0.6) is 0 Å². The van der Waals surface area contributed by atoms with Gasteiger partial charge in [-0.3, -0.25) is 9.59 Å². The smallest absolute Gasteiger partial charge is 0.272 e. The zero-order valence-corrected chi connectivity index (χ0v) is 12.2. The van der Waals surface area contributed by atoms with Crippen molar-refractivity contribution in [3.05, 3.63) is 52.3 Å². The van der Waals surface area contributed by atoms with Crippen molar-refractivity contribution in [2.45, 2.75) is 6.92 Å². The number of rotatable bonds is 3. The summed E-state index contributed by atoms with van der Waals surface area (Å²) in [7, 11) is 1.80. The van der Waals surface area contributed by atoms with Gasteiger partial charge in [0.15, 0.2) is 5.78 Å². The molecule has 98 valence electrons. The second-order valence-electron chi connectivity index (χ2n) is 4.24. The summed E-state index contributed by atoms with van der Waals surface area (Å²) in [5.74, 6) is -0.187. The third kappa shape index (κ3) is 3.12. The summed E-state index contributed by atoms with van der Waals surface area (Å²) in [5.41, 5.74) is 1.84. The van der Waals surface area contributed by atoms with E-state index in [1.165, 1.54) is 6.92 Å². The van der Waals surface area contributed by atoms with Gasteiger partial charge in [0.2, 0.25) is 0 Å². The summed E-state index contributed by atoms with van der Waals surface area (Å²) >= 11 is 3.32. The number of halogens is 1. The maximum atomic E-state index is 12.0. The first kappa shape index (κ1) is 13.5. The Morgan fingerprint density at radius 2 is 1.84 bits per heavy atom. The Morgan fingerprint density at radius 1 is 1.21 bits per heavy atom. The van der Waals surface area contributed by atoms with Crippen LogP contribution in [0.25, 0.3) is 0 Å². The Balaban J connectivity index is 2.15. The largest absolute Gasteiger partial charge is 0.345 e. The summed E-state index contributed by atoms with van der Waals surface area (Å²) in [6.07, 6.45) is 1.81. The van der Waals surface area contributed by atoms with E-state index in [1.54, 1.807) is 41.9 Å². The normalized spacial score (nSPS) is 10.3. The van der Waals surface area contributed by atoms with Gasteiger partial charge in [0.05, 0.1) is 0 Å². The number of benzene rings is 1. The fraction of sp³-hybridized carbons (Fsp3) is 0.143. The van der Waals surface area contributed by atoms with Gasteiger partial charge in [-0.05, 0) is 53.2 Å². The molecule has 0 saturated heterocycles. The number of carbonyl (C=O) groups excluding carboxylic acids is 2. The molecule has 1 aromatic heterocycles. The van der Waals surface area contributed by atoms with E-state index in [1.807, 2.05) is 6.20 Å². The maximum absolute atomic E-state index is 12.0. The third-order valence-electron chi connectivity index (χ3n) is 2.75. The van der Waals surface area contributed by atoms with Crippen molar-refractivity contribution in [3.8, 4) is 0 Å². The summed E-state index contributed by atoms with van der Waals surface area (Å²) in [6, 6.07) is 8.57. The first-order valence-corrected chi connectivity index (χ1v) is 6.51. The van der Waals surface area contributed by atoms with Gasteiger partial charge in [-0.15, -0.1) is 0 Å². The van der Waals surface area contributed by atoms with E-state index in [2.05, 4.69) is 21.2 Å². The van der Waals surface area contributed by atoms with Gasteiger partial charge in [-0.2, -0.15) is 0 Å². The van der Waals surface area contributed by atoms with Crippen LogP contribution in [0.15, 0.2) is 41.0 Å². The molecule has 0 aliphatic heterocycles. The lowest BCUT2D eigenvalue weighted by Gasteiger charge is -2.06. The van der Waals surface area contributed by atoms with Crippen LogP contribution in [-0.2, 0) is 7.05 Å². The zero-order valence-electron chi connectivity index (χ0n) is 10.6. The topological polar surface area (TPSA) is 51.1 Å². The van der Waals surface area contributed by atoms with E-state index in [0.29, 0.717) is 16.9 Å². The van der Waals surface area contributed by atoms with E-state index in [4.69, 9.17) is 0 Å². The Bertz CT molecular complexity index is 629. The number of ketones is 1. The van der Waals surface area contributed by atoms with Gasteiger partial charge in [0, 0.05) is 29.0 Å². The van der Waals surface area contributed by atoms with Crippen molar-refractivity contribution in [2.24, 2.45) is 7.05 Å². The highest BCUT2D eigenvalue weighted by molar-refractivity contribution is 9.10. The molecule has 0 atom stereocenters. The molecule has 19 heavy (non-hydrogen) atoms. The third-order valence-corrected chi connectivity index (χ3v) is 3.19. The Labute approximate surface area is 119 Å². The zero-order chi connectivity index (χ0) is 14.0. The molecular weight excluding hydrogens is 308 g/mol. The fourth-order valence-electron chi connectivity index (χ4n) is 1.73. The number of aryl methyl sites for hydroxylation is 1. The van der Waals surface area contributed by atoms with Crippen molar-refractivity contribution >= 4 is 33.3 Å². The highest BCUT2D eigenvalue weighted by Crippen LogP contribution is 2.16. The van der Waals surface area contributed by atoms with Crippen LogP contribution in [0.2, 0.25) is 0 Å². The molecule has 1 amide bonds. The predicted molar refractivity (Wildman–Crippen MR) is 77.5 cm³/mol. The number of nitrogens with zero attached hydrogens (tertiary/aromatic N) is 1. The number of hydrogen-bond acceptors (Lipinski definition) is 2. The van der Waals surface area contributed by atoms with Crippen molar-refractivity contribution in [1.82, 2.24) is 4.57 Å². The molecular formula is C14H13BrN2O2. The van der Waals surface area contributed by atoms with E-state index >= 15 is 0 Å². The minimum atomic E-state index is -0.191. The monoisotopic (exact) mass is 320 g/mol. The summed E-state index contributed by atoms with van der Waals surface area (Å²) in [6.45, 7) is 1.51. The highest BCUT2D eigenvalue weighted by Gasteiger charge is 2.11. The summed E-state index contributed by atoms with van der Waals surface area (Å²) < 4.78 is 2.59. The molecule has 0 spiro atoms. The van der Waals surface area contributed by atoms with Crippen LogP contribution in [0.3, 0.4) is 0 Å². The molecule has 0 unspecified atom stereocenters. The molecule has 0 aliphatic rings. The number of aromatic nitrogens is 1. The average Bonchev–Trinajstić information content (AvgIpc) is 2.69. The lowest BCUT2D eigenvalue weighted by molar-refractivity contribution is 0.101. The standard InChI is InChI=1S/C14H13BrN2O2/c1-9(18)10-3-5-12(6-4-10)16-14(19)13-7-11(15)8-17(13)2/h3-8H,1-2H3,(H,16,19). The number of carbonyl (C=O) groups is 2. The molecule has 0 radical (unpaired) electrons. The van der Waals surface area contributed by atoms with Gasteiger partial charge in [-0.25, -0.2) is 0 Å². The maximum Gasteiger partial charge on any atom is 0.272 e. The second-order valence-corrected chi connectivity index (χ2v) is 5.16. The van der Waals surface area contributed by atoms with E-state index in [9.17, 15) is 9.59 Å². The Hall–Kier alpha value is -1.88. The molecule has 0 aliphatic carbocycles. The van der Waals surface area contributed by atoms with Gasteiger partial charge in [0.1, 0.15) is 5.69 Å². The summed E-state index contributed by atoms with van der Waals surface area (Å²) in [4.78, 5) is 23.2. The van der Waals surface area contributed by atoms with Crippen LogP contribution in [-0.4, -0.2) is 16.3 Å². The average molecular weight is 321 g/mol. The van der Waals surface area contributed by atoms with Crippen LogP contribution in [0.1, 0.15) is 27.8 Å². The summed E-state index contributed by atoms with van der Waals surface area (Å²) in [5, 5.41) is 2.79. The molecule has 2 aromatic rings. The van der Waals surface area contributed by atoms with Crippen molar-refractivity contribution in [2.75, 3.05) is 5.32 Å². The quantitative estimate of drug-likeness (QED) is 0.883. The van der Waals surface area contributed by atoms with Crippen molar-refractivity contribution in [3.63, 3.8) is 0 Å². The van der Waals surface area contributed by atoms with Gasteiger partial charge >= 0.3 is 0 Å². The molecule has 5 heteroatoms. The molecule has 1 aromatic carbocycles. The fourth-order valence-corrected chi connectivity index (χ4v) is 2.26. The predicted octanol–water partition coefficient (Wildman–Crippen LogP) is 3.24. The SMILES string of the molecule is CC(=O)c1ccc(NC(=O)c2cc(Br)cn2C)cc1.